The van der Waals surface area contributed by atoms with Crippen LogP contribution in [-0.4, -0.2) is 28.7 Å². The average molecular weight is 734 g/mol. The van der Waals surface area contributed by atoms with Crippen LogP contribution in [0.4, 0.5) is 0 Å². The molecule has 2 aliphatic heterocycles. The number of hydrogen-bond donors (Lipinski definition) is 0. The van der Waals surface area contributed by atoms with Crippen LogP contribution in [0.2, 0.25) is 0 Å². The van der Waals surface area contributed by atoms with Crippen LogP contribution in [0.3, 0.4) is 0 Å². The first-order chi connectivity index (χ1) is 27.8. The van der Waals surface area contributed by atoms with E-state index in [4.69, 9.17) is 14.5 Å². The Kier molecular flexibility index (Phi) is 6.68. The zero-order chi connectivity index (χ0) is 36.8. The lowest BCUT2D eigenvalue weighted by molar-refractivity contribution is 0.464. The Labute approximate surface area is 324 Å². The van der Waals surface area contributed by atoms with Gasteiger partial charge >= 0.3 is 0 Å². The standard InChI is InChI=1S/C49H32BN3O2Si/c1-4-16-34(17-5-1)56(35-18-6-2-7-19-35,36-20-8-3-9-21-36)37-28-29-42-43(32-37)53-41-25-13-12-24-40(41)51-49(53)52(42)33-30-46-48-47(31-33)55-45-27-15-11-23-39(45)50(48)38-22-10-14-26-44(38)54-46/h1-32H. The summed E-state index contributed by atoms with van der Waals surface area (Å²) in [5.74, 6) is 4.17. The largest absolute Gasteiger partial charge is 0.458 e. The predicted molar refractivity (Wildman–Crippen MR) is 231 cm³/mol. The van der Waals surface area contributed by atoms with Crippen LogP contribution in [0, 0.1) is 0 Å². The van der Waals surface area contributed by atoms with Crippen molar-refractivity contribution in [3.63, 3.8) is 0 Å². The molecule has 12 rings (SSSR count). The van der Waals surface area contributed by atoms with Gasteiger partial charge in [-0.05, 0) is 68.1 Å². The highest BCUT2D eigenvalue weighted by atomic mass is 28.3. The van der Waals surface area contributed by atoms with Crippen molar-refractivity contribution < 1.29 is 9.47 Å². The van der Waals surface area contributed by atoms with E-state index in [0.717, 1.165) is 72.9 Å². The minimum atomic E-state index is -2.81. The Hall–Kier alpha value is -7.09. The van der Waals surface area contributed by atoms with E-state index < -0.39 is 8.07 Å². The number of fused-ring (bicyclic) bond motifs is 9. The van der Waals surface area contributed by atoms with Gasteiger partial charge in [0.1, 0.15) is 23.0 Å². The smallest absolute Gasteiger partial charge is 0.260 e. The summed E-state index contributed by atoms with van der Waals surface area (Å²) in [5.41, 5.74) is 8.42. The summed E-state index contributed by atoms with van der Waals surface area (Å²) in [5, 5.41) is 5.30. The fourth-order valence-corrected chi connectivity index (χ4v) is 14.2. The predicted octanol–water partition coefficient (Wildman–Crippen LogP) is 6.54. The molecule has 0 saturated heterocycles. The van der Waals surface area contributed by atoms with Gasteiger partial charge in [-0.15, -0.1) is 0 Å². The van der Waals surface area contributed by atoms with Gasteiger partial charge in [0.2, 0.25) is 5.78 Å². The third-order valence-electron chi connectivity index (χ3n) is 11.8. The molecule has 8 aromatic carbocycles. The molecule has 2 aliphatic rings. The molecule has 262 valence electrons. The fraction of sp³-hybridized carbons (Fsp3) is 0. The summed E-state index contributed by atoms with van der Waals surface area (Å²) in [7, 11) is -2.81. The van der Waals surface area contributed by atoms with E-state index in [0.29, 0.717) is 0 Å². The molecular formula is C49H32BN3O2Si. The Balaban J connectivity index is 1.15. The third kappa shape index (κ3) is 4.34. The van der Waals surface area contributed by atoms with E-state index in [1.54, 1.807) is 0 Å². The zero-order valence-corrected chi connectivity index (χ0v) is 31.2. The van der Waals surface area contributed by atoms with Gasteiger partial charge in [-0.25, -0.2) is 4.98 Å². The van der Waals surface area contributed by atoms with Gasteiger partial charge < -0.3 is 9.47 Å². The molecule has 0 saturated carbocycles. The Morgan fingerprint density at radius 3 is 1.54 bits per heavy atom. The monoisotopic (exact) mass is 733 g/mol. The summed E-state index contributed by atoms with van der Waals surface area (Å²) in [6.07, 6.45) is 0. The van der Waals surface area contributed by atoms with Gasteiger partial charge in [0, 0.05) is 17.6 Å². The summed E-state index contributed by atoms with van der Waals surface area (Å²) in [4.78, 5) is 5.32. The molecule has 0 unspecified atom stereocenters. The molecule has 0 spiro atoms. The number of rotatable bonds is 5. The number of imidazole rings is 2. The Morgan fingerprint density at radius 1 is 0.429 bits per heavy atom. The molecule has 5 nitrogen and oxygen atoms in total. The molecule has 0 N–H and O–H groups in total. The minimum Gasteiger partial charge on any atom is -0.458 e. The molecule has 0 amide bonds. The van der Waals surface area contributed by atoms with Gasteiger partial charge in [-0.1, -0.05) is 146 Å². The molecule has 0 fully saturated rings. The topological polar surface area (TPSA) is 40.7 Å². The molecule has 0 radical (unpaired) electrons. The quantitative estimate of drug-likeness (QED) is 0.149. The van der Waals surface area contributed by atoms with Crippen molar-refractivity contribution in [3.05, 3.63) is 194 Å². The number of aromatic nitrogens is 3. The van der Waals surface area contributed by atoms with E-state index in [1.807, 2.05) is 12.1 Å². The summed E-state index contributed by atoms with van der Waals surface area (Å²) < 4.78 is 18.1. The van der Waals surface area contributed by atoms with Crippen molar-refractivity contribution in [1.29, 1.82) is 0 Å². The average Bonchev–Trinajstić information content (AvgIpc) is 3.79. The van der Waals surface area contributed by atoms with Crippen molar-refractivity contribution in [3.8, 4) is 28.7 Å². The highest BCUT2D eigenvalue weighted by Gasteiger charge is 2.43. The number of nitrogens with zero attached hydrogens (tertiary/aromatic N) is 3. The van der Waals surface area contributed by atoms with Gasteiger partial charge in [-0.2, -0.15) is 0 Å². The summed E-state index contributed by atoms with van der Waals surface area (Å²) >= 11 is 0. The molecular weight excluding hydrogens is 701 g/mol. The molecule has 2 aromatic heterocycles. The van der Waals surface area contributed by atoms with Crippen LogP contribution in [0.5, 0.6) is 23.0 Å². The molecule has 10 aromatic rings. The van der Waals surface area contributed by atoms with E-state index in [-0.39, 0.29) is 6.71 Å². The second-order valence-electron chi connectivity index (χ2n) is 14.7. The van der Waals surface area contributed by atoms with Crippen LogP contribution in [0.1, 0.15) is 0 Å². The minimum absolute atomic E-state index is 0.00832. The van der Waals surface area contributed by atoms with Gasteiger partial charge in [-0.3, -0.25) is 8.97 Å². The number of ether oxygens (including phenoxy) is 2. The van der Waals surface area contributed by atoms with Crippen molar-refractivity contribution in [1.82, 2.24) is 14.0 Å². The zero-order valence-electron chi connectivity index (χ0n) is 30.2. The lowest BCUT2D eigenvalue weighted by Crippen LogP contribution is -2.74. The maximum atomic E-state index is 6.76. The maximum absolute atomic E-state index is 6.76. The van der Waals surface area contributed by atoms with E-state index >= 15 is 0 Å². The van der Waals surface area contributed by atoms with Crippen LogP contribution in [0.15, 0.2) is 194 Å². The fourth-order valence-electron chi connectivity index (χ4n) is 9.46. The highest BCUT2D eigenvalue weighted by molar-refractivity contribution is 7.20. The van der Waals surface area contributed by atoms with Crippen LogP contribution in [-0.2, 0) is 0 Å². The highest BCUT2D eigenvalue weighted by Crippen LogP contribution is 2.38. The molecule has 56 heavy (non-hydrogen) atoms. The van der Waals surface area contributed by atoms with E-state index in [1.165, 1.54) is 20.7 Å². The van der Waals surface area contributed by atoms with Crippen molar-refractivity contribution in [2.45, 2.75) is 0 Å². The van der Waals surface area contributed by atoms with Gasteiger partial charge in [0.25, 0.3) is 6.71 Å². The van der Waals surface area contributed by atoms with Gasteiger partial charge in [0.05, 0.1) is 27.8 Å². The van der Waals surface area contributed by atoms with E-state index in [9.17, 15) is 0 Å². The first-order valence-electron chi connectivity index (χ1n) is 19.1. The van der Waals surface area contributed by atoms with Crippen molar-refractivity contribution >= 4 is 79.8 Å². The third-order valence-corrected chi connectivity index (χ3v) is 16.6. The Bertz CT molecular complexity index is 2990. The second kappa shape index (κ2) is 12.0. The van der Waals surface area contributed by atoms with Crippen molar-refractivity contribution in [2.24, 2.45) is 0 Å². The normalized spacial score (nSPS) is 12.9. The molecule has 0 bridgehead atoms. The molecule has 4 heterocycles. The lowest BCUT2D eigenvalue weighted by atomic mass is 9.35. The first-order valence-corrected chi connectivity index (χ1v) is 21.1. The summed E-state index contributed by atoms with van der Waals surface area (Å²) in [6.45, 7) is 0.00832. The number of hydrogen-bond acceptors (Lipinski definition) is 3. The van der Waals surface area contributed by atoms with Crippen LogP contribution in [0.25, 0.3) is 33.5 Å². The maximum Gasteiger partial charge on any atom is 0.260 e. The van der Waals surface area contributed by atoms with Gasteiger partial charge in [0.15, 0.2) is 8.07 Å². The molecule has 0 aliphatic carbocycles. The number of para-hydroxylation sites is 4. The SMILES string of the molecule is c1ccc([Si](c2ccccc2)(c2ccccc2)c2ccc3c(c2)n2c4ccccc4nc2n3-c2cc3c4c(c2)Oc2ccccc2B4c2ccccc2O3)cc1. The number of benzene rings is 8. The Morgan fingerprint density at radius 2 is 0.946 bits per heavy atom. The van der Waals surface area contributed by atoms with Crippen LogP contribution < -0.4 is 46.6 Å². The van der Waals surface area contributed by atoms with E-state index in [2.05, 4.69) is 191 Å². The van der Waals surface area contributed by atoms with Crippen molar-refractivity contribution in [2.75, 3.05) is 0 Å². The first kappa shape index (κ1) is 31.3. The molecule has 7 heteroatoms. The summed E-state index contributed by atoms with van der Waals surface area (Å²) in [6, 6.07) is 69.8. The lowest BCUT2D eigenvalue weighted by Gasteiger charge is -2.34. The van der Waals surface area contributed by atoms with Crippen LogP contribution >= 0.6 is 0 Å². The second-order valence-corrected chi connectivity index (χ2v) is 18.5. The molecule has 0 atom stereocenters.